The van der Waals surface area contributed by atoms with Gasteiger partial charge in [-0.2, -0.15) is 0 Å². The van der Waals surface area contributed by atoms with Crippen molar-refractivity contribution in [3.8, 4) is 0 Å². The Morgan fingerprint density at radius 3 is 2.35 bits per heavy atom. The second-order valence-corrected chi connectivity index (χ2v) is 6.78. The molecule has 3 aromatic carbocycles. The highest BCUT2D eigenvalue weighted by Crippen LogP contribution is 2.43. The summed E-state index contributed by atoms with van der Waals surface area (Å²) in [5.41, 5.74) is 5.95. The van der Waals surface area contributed by atoms with Crippen LogP contribution >= 0.6 is 0 Å². The Bertz CT molecular complexity index is 963. The van der Waals surface area contributed by atoms with Crippen molar-refractivity contribution in [1.82, 2.24) is 0 Å². The first-order valence-corrected chi connectivity index (χ1v) is 8.99. The zero-order chi connectivity index (χ0) is 17.5. The number of benzene rings is 3. The summed E-state index contributed by atoms with van der Waals surface area (Å²) >= 11 is 0. The van der Waals surface area contributed by atoms with Gasteiger partial charge in [0.15, 0.2) is 0 Å². The van der Waals surface area contributed by atoms with Crippen LogP contribution in [0.4, 0.5) is 15.8 Å². The van der Waals surface area contributed by atoms with Gasteiger partial charge in [0.25, 0.3) is 0 Å². The molecule has 26 heavy (non-hydrogen) atoms. The lowest BCUT2D eigenvalue weighted by Gasteiger charge is -2.38. The van der Waals surface area contributed by atoms with Gasteiger partial charge in [0, 0.05) is 17.6 Å². The number of hydrogen-bond acceptors (Lipinski definition) is 2. The van der Waals surface area contributed by atoms with Crippen molar-refractivity contribution in [3.05, 3.63) is 102 Å². The number of para-hydroxylation sites is 2. The van der Waals surface area contributed by atoms with E-state index in [9.17, 15) is 4.39 Å². The number of aryl methyl sites for hydroxylation is 1. The monoisotopic (exact) mass is 342 g/mol. The van der Waals surface area contributed by atoms with Gasteiger partial charge in [0.05, 0.1) is 5.70 Å². The minimum Gasteiger partial charge on any atom is -0.324 e. The minimum atomic E-state index is -0.207. The van der Waals surface area contributed by atoms with Crippen LogP contribution in [-0.2, 0) is 6.42 Å². The second kappa shape index (κ2) is 6.03. The van der Waals surface area contributed by atoms with E-state index < -0.39 is 0 Å². The van der Waals surface area contributed by atoms with Gasteiger partial charge < -0.3 is 9.80 Å². The molecule has 1 atom stereocenters. The van der Waals surface area contributed by atoms with Gasteiger partial charge >= 0.3 is 0 Å². The van der Waals surface area contributed by atoms with Crippen LogP contribution < -0.4 is 9.80 Å². The molecule has 5 rings (SSSR count). The Labute approximate surface area is 152 Å². The van der Waals surface area contributed by atoms with Gasteiger partial charge in [-0.25, -0.2) is 4.39 Å². The first-order valence-electron chi connectivity index (χ1n) is 8.99. The molecule has 2 nitrogen and oxygen atoms in total. The van der Waals surface area contributed by atoms with Gasteiger partial charge in [0.1, 0.15) is 12.0 Å². The standard InChI is InChI=1S/C23H19FN2/c24-19-13-10-18(11-14-19)22-16-25-21-9-5-4-6-17(21)12-15-23(25)26(22)20-7-2-1-3-8-20/h1-11,13-14,16,23H,12,15H2/t23-/m0/s1. The number of fused-ring (bicyclic) bond motifs is 3. The molecule has 0 fully saturated rings. The predicted octanol–water partition coefficient (Wildman–Crippen LogP) is 5.42. The molecule has 0 bridgehead atoms. The van der Waals surface area contributed by atoms with E-state index in [1.54, 1.807) is 0 Å². The third-order valence-electron chi connectivity index (χ3n) is 5.26. The smallest absolute Gasteiger partial charge is 0.123 e. The number of nitrogens with zero attached hydrogens (tertiary/aromatic N) is 2. The molecule has 3 heteroatoms. The lowest BCUT2D eigenvalue weighted by molar-refractivity contribution is 0.599. The molecule has 0 amide bonds. The van der Waals surface area contributed by atoms with E-state index in [2.05, 4.69) is 64.5 Å². The van der Waals surface area contributed by atoms with Crippen molar-refractivity contribution in [1.29, 1.82) is 0 Å². The Balaban J connectivity index is 1.66. The fraction of sp³-hybridized carbons (Fsp3) is 0.130. The second-order valence-electron chi connectivity index (χ2n) is 6.78. The van der Waals surface area contributed by atoms with Gasteiger partial charge in [-0.05, 0) is 66.4 Å². The van der Waals surface area contributed by atoms with E-state index in [4.69, 9.17) is 0 Å². The van der Waals surface area contributed by atoms with Crippen LogP contribution in [0.5, 0.6) is 0 Å². The van der Waals surface area contributed by atoms with Gasteiger partial charge in [-0.3, -0.25) is 0 Å². The Morgan fingerprint density at radius 2 is 1.54 bits per heavy atom. The summed E-state index contributed by atoms with van der Waals surface area (Å²) in [7, 11) is 0. The van der Waals surface area contributed by atoms with E-state index in [1.165, 1.54) is 23.4 Å². The van der Waals surface area contributed by atoms with Crippen LogP contribution in [0.3, 0.4) is 0 Å². The maximum atomic E-state index is 13.4. The molecule has 2 aliphatic rings. The van der Waals surface area contributed by atoms with Crippen LogP contribution in [-0.4, -0.2) is 6.17 Å². The summed E-state index contributed by atoms with van der Waals surface area (Å²) in [6, 6.07) is 25.8. The van der Waals surface area contributed by atoms with E-state index in [1.807, 2.05) is 18.2 Å². The molecule has 0 saturated carbocycles. The molecule has 128 valence electrons. The highest BCUT2D eigenvalue weighted by atomic mass is 19.1. The van der Waals surface area contributed by atoms with Crippen LogP contribution in [0.25, 0.3) is 5.70 Å². The number of halogens is 1. The fourth-order valence-corrected chi connectivity index (χ4v) is 4.06. The minimum absolute atomic E-state index is 0.207. The van der Waals surface area contributed by atoms with Gasteiger partial charge in [0.2, 0.25) is 0 Å². The maximum absolute atomic E-state index is 13.4. The summed E-state index contributed by atoms with van der Waals surface area (Å²) in [4.78, 5) is 4.74. The lowest BCUT2D eigenvalue weighted by atomic mass is 9.99. The molecular formula is C23H19FN2. The average Bonchev–Trinajstić information content (AvgIpc) is 3.09. The molecule has 0 saturated heterocycles. The Hall–Kier alpha value is -3.07. The number of hydrogen-bond donors (Lipinski definition) is 0. The van der Waals surface area contributed by atoms with E-state index >= 15 is 0 Å². The Kier molecular flexibility index (Phi) is 3.52. The predicted molar refractivity (Wildman–Crippen MR) is 104 cm³/mol. The maximum Gasteiger partial charge on any atom is 0.123 e. The van der Waals surface area contributed by atoms with Crippen molar-refractivity contribution in [3.63, 3.8) is 0 Å². The van der Waals surface area contributed by atoms with Crippen molar-refractivity contribution in [2.45, 2.75) is 19.0 Å². The van der Waals surface area contributed by atoms with Gasteiger partial charge in [-0.15, -0.1) is 0 Å². The van der Waals surface area contributed by atoms with E-state index in [-0.39, 0.29) is 12.0 Å². The number of rotatable bonds is 2. The van der Waals surface area contributed by atoms with Crippen LogP contribution in [0, 0.1) is 5.82 Å². The van der Waals surface area contributed by atoms with Crippen molar-refractivity contribution < 1.29 is 4.39 Å². The lowest BCUT2D eigenvalue weighted by Crippen LogP contribution is -2.42. The van der Waals surface area contributed by atoms with Crippen LogP contribution in [0.1, 0.15) is 17.5 Å². The fourth-order valence-electron chi connectivity index (χ4n) is 4.06. The van der Waals surface area contributed by atoms with Crippen LogP contribution in [0.2, 0.25) is 0 Å². The first-order chi connectivity index (χ1) is 12.8. The molecule has 0 aromatic heterocycles. The normalized spacial score (nSPS) is 18.3. The summed E-state index contributed by atoms with van der Waals surface area (Å²) in [6.07, 6.45) is 4.56. The van der Waals surface area contributed by atoms with E-state index in [0.29, 0.717) is 0 Å². The van der Waals surface area contributed by atoms with Crippen molar-refractivity contribution in [2.75, 3.05) is 9.80 Å². The SMILES string of the molecule is Fc1ccc(C2=CN3c4ccccc4CC[C@@H]3N2c2ccccc2)cc1. The Morgan fingerprint density at radius 1 is 0.808 bits per heavy atom. The average molecular weight is 342 g/mol. The third kappa shape index (κ3) is 2.39. The van der Waals surface area contributed by atoms with Crippen molar-refractivity contribution in [2.24, 2.45) is 0 Å². The largest absolute Gasteiger partial charge is 0.324 e. The zero-order valence-electron chi connectivity index (χ0n) is 14.3. The summed E-state index contributed by atoms with van der Waals surface area (Å²) in [5.74, 6) is -0.207. The molecule has 0 spiro atoms. The molecule has 0 radical (unpaired) electrons. The quantitative estimate of drug-likeness (QED) is 0.613. The molecule has 3 aromatic rings. The van der Waals surface area contributed by atoms with E-state index in [0.717, 1.165) is 29.8 Å². The highest BCUT2D eigenvalue weighted by Gasteiger charge is 2.37. The zero-order valence-corrected chi connectivity index (χ0v) is 14.3. The molecule has 0 N–H and O–H groups in total. The van der Waals surface area contributed by atoms with Crippen LogP contribution in [0.15, 0.2) is 85.1 Å². The molecule has 0 unspecified atom stereocenters. The van der Waals surface area contributed by atoms with Gasteiger partial charge in [-0.1, -0.05) is 36.4 Å². The molecule has 2 heterocycles. The topological polar surface area (TPSA) is 6.48 Å². The molecule has 0 aliphatic carbocycles. The third-order valence-corrected chi connectivity index (χ3v) is 5.26. The highest BCUT2D eigenvalue weighted by molar-refractivity contribution is 5.87. The number of anilines is 2. The molecular weight excluding hydrogens is 323 g/mol. The summed E-state index contributed by atoms with van der Waals surface area (Å²) in [5, 5.41) is 0. The first kappa shape index (κ1) is 15.2. The molecule has 2 aliphatic heterocycles. The summed E-state index contributed by atoms with van der Waals surface area (Å²) in [6.45, 7) is 0. The van der Waals surface area contributed by atoms with Crippen molar-refractivity contribution >= 4 is 17.1 Å². The summed E-state index contributed by atoms with van der Waals surface area (Å²) < 4.78 is 13.4.